The normalized spacial score (nSPS) is 30.1. The summed E-state index contributed by atoms with van der Waals surface area (Å²) in [7, 11) is 0. The second-order valence-corrected chi connectivity index (χ2v) is 8.67. The summed E-state index contributed by atoms with van der Waals surface area (Å²) in [4.78, 5) is 12.4. The van der Waals surface area contributed by atoms with Crippen LogP contribution in [-0.4, -0.2) is 28.8 Å². The molecular weight excluding hydrogens is 362 g/mol. The second kappa shape index (κ2) is 6.67. The van der Waals surface area contributed by atoms with Gasteiger partial charge in [0.2, 0.25) is 0 Å². The zero-order valence-corrected chi connectivity index (χ0v) is 15.2. The maximum absolute atomic E-state index is 12.9. The Morgan fingerprint density at radius 3 is 1.77 bits per heavy atom. The van der Waals surface area contributed by atoms with Crippen LogP contribution in [0.5, 0.6) is 0 Å². The molecule has 2 aliphatic rings. The molecule has 26 heavy (non-hydrogen) atoms. The van der Waals surface area contributed by atoms with Crippen molar-refractivity contribution in [1.82, 2.24) is 0 Å². The molecule has 0 aliphatic heterocycles. The highest BCUT2D eigenvalue weighted by Crippen LogP contribution is 2.58. The molecule has 0 aromatic heterocycles. The molecular formula is C18H26F6O2. The van der Waals surface area contributed by atoms with Crippen molar-refractivity contribution in [3.8, 4) is 0 Å². The minimum Gasteiger partial charge on any atom is -0.374 e. The molecule has 0 spiro atoms. The summed E-state index contributed by atoms with van der Waals surface area (Å²) in [6.07, 6.45) is -10.6. The van der Waals surface area contributed by atoms with E-state index < -0.39 is 35.7 Å². The second-order valence-electron chi connectivity index (χ2n) is 8.67. The van der Waals surface area contributed by atoms with E-state index in [9.17, 15) is 36.2 Å². The number of rotatable bonds is 6. The van der Waals surface area contributed by atoms with Crippen LogP contribution in [0.4, 0.5) is 26.3 Å². The van der Waals surface area contributed by atoms with E-state index in [2.05, 4.69) is 0 Å². The highest BCUT2D eigenvalue weighted by molar-refractivity contribution is 5.84. The number of carbonyl (C=O) groups is 1. The van der Waals surface area contributed by atoms with Crippen molar-refractivity contribution in [3.63, 3.8) is 0 Å². The SMILES string of the molecule is CCC(C)(C)C(=O)CC1CC2CC1CC2CC(O)(C(F)(F)F)C(F)(F)F. The molecule has 2 nitrogen and oxygen atoms in total. The van der Waals surface area contributed by atoms with Crippen LogP contribution in [0, 0.1) is 29.1 Å². The third-order valence-electron chi connectivity index (χ3n) is 6.73. The summed E-state index contributed by atoms with van der Waals surface area (Å²) in [5.74, 6) is -1.03. The van der Waals surface area contributed by atoms with Crippen molar-refractivity contribution in [2.45, 2.75) is 77.2 Å². The number of fused-ring (bicyclic) bond motifs is 2. The van der Waals surface area contributed by atoms with Gasteiger partial charge in [0.25, 0.3) is 5.60 Å². The Kier molecular flexibility index (Phi) is 5.52. The quantitative estimate of drug-likeness (QED) is 0.628. The van der Waals surface area contributed by atoms with Gasteiger partial charge >= 0.3 is 12.4 Å². The predicted molar refractivity (Wildman–Crippen MR) is 83.2 cm³/mol. The number of hydrogen-bond acceptors (Lipinski definition) is 2. The molecule has 2 saturated carbocycles. The monoisotopic (exact) mass is 388 g/mol. The number of hydrogen-bond donors (Lipinski definition) is 1. The average Bonchev–Trinajstić information content (AvgIpc) is 3.04. The van der Waals surface area contributed by atoms with Crippen LogP contribution in [0.25, 0.3) is 0 Å². The lowest BCUT2D eigenvalue weighted by Gasteiger charge is -2.37. The average molecular weight is 388 g/mol. The summed E-state index contributed by atoms with van der Waals surface area (Å²) < 4.78 is 77.4. The van der Waals surface area contributed by atoms with Gasteiger partial charge in [0.05, 0.1) is 0 Å². The summed E-state index contributed by atoms with van der Waals surface area (Å²) in [5.41, 5.74) is -5.13. The largest absolute Gasteiger partial charge is 0.426 e. The van der Waals surface area contributed by atoms with Gasteiger partial charge < -0.3 is 5.11 Å². The van der Waals surface area contributed by atoms with Crippen molar-refractivity contribution < 1.29 is 36.2 Å². The lowest BCUT2D eigenvalue weighted by Crippen LogP contribution is -2.58. The van der Waals surface area contributed by atoms with Crippen LogP contribution in [0.3, 0.4) is 0 Å². The number of Topliss-reactive ketones (excluding diaryl/α,β-unsaturated/α-hetero) is 1. The molecule has 2 aliphatic carbocycles. The molecule has 0 saturated heterocycles. The first-order chi connectivity index (χ1) is 11.6. The Hall–Kier alpha value is -0.790. The number of alkyl halides is 6. The minimum absolute atomic E-state index is 0.0273. The van der Waals surface area contributed by atoms with Gasteiger partial charge in [-0.3, -0.25) is 4.79 Å². The molecule has 0 aromatic carbocycles. The zero-order valence-electron chi connectivity index (χ0n) is 15.2. The fourth-order valence-electron chi connectivity index (χ4n) is 4.50. The van der Waals surface area contributed by atoms with Gasteiger partial charge in [-0.2, -0.15) is 26.3 Å². The number of ketones is 1. The van der Waals surface area contributed by atoms with Gasteiger partial charge in [-0.1, -0.05) is 20.8 Å². The maximum Gasteiger partial charge on any atom is 0.426 e. The van der Waals surface area contributed by atoms with Crippen molar-refractivity contribution in [3.05, 3.63) is 0 Å². The van der Waals surface area contributed by atoms with Gasteiger partial charge in [0, 0.05) is 11.8 Å². The molecule has 8 heteroatoms. The Morgan fingerprint density at radius 1 is 0.923 bits per heavy atom. The van der Waals surface area contributed by atoms with E-state index in [1.165, 1.54) is 0 Å². The van der Waals surface area contributed by atoms with Crippen LogP contribution >= 0.6 is 0 Å². The van der Waals surface area contributed by atoms with Crippen LogP contribution in [0.1, 0.15) is 59.3 Å². The Labute approximate surface area is 149 Å². The summed E-state index contributed by atoms with van der Waals surface area (Å²) in [6.45, 7) is 5.60. The molecule has 4 atom stereocenters. The van der Waals surface area contributed by atoms with E-state index in [4.69, 9.17) is 0 Å². The molecule has 0 heterocycles. The number of carbonyl (C=O) groups excluding carboxylic acids is 1. The summed E-state index contributed by atoms with van der Waals surface area (Å²) in [6, 6.07) is 0. The predicted octanol–water partition coefficient (Wildman–Crippen LogP) is 5.29. The third-order valence-corrected chi connectivity index (χ3v) is 6.73. The molecule has 0 radical (unpaired) electrons. The van der Waals surface area contributed by atoms with Crippen molar-refractivity contribution in [2.75, 3.05) is 0 Å². The van der Waals surface area contributed by atoms with Crippen LogP contribution in [0.2, 0.25) is 0 Å². The first kappa shape index (κ1) is 21.5. The van der Waals surface area contributed by atoms with Gasteiger partial charge in [-0.25, -0.2) is 0 Å². The topological polar surface area (TPSA) is 37.3 Å². The summed E-state index contributed by atoms with van der Waals surface area (Å²) >= 11 is 0. The fraction of sp³-hybridized carbons (Fsp3) is 0.944. The van der Waals surface area contributed by atoms with Crippen molar-refractivity contribution >= 4 is 5.78 Å². The maximum atomic E-state index is 12.9. The molecule has 0 amide bonds. The third kappa shape index (κ3) is 3.76. The van der Waals surface area contributed by atoms with E-state index in [1.54, 1.807) is 0 Å². The molecule has 1 N–H and O–H groups in total. The van der Waals surface area contributed by atoms with Crippen LogP contribution < -0.4 is 0 Å². The van der Waals surface area contributed by atoms with E-state index in [0.29, 0.717) is 25.7 Å². The Bertz CT molecular complexity index is 523. The molecule has 2 rings (SSSR count). The number of aliphatic hydroxyl groups is 1. The highest BCUT2D eigenvalue weighted by atomic mass is 19.4. The molecule has 2 bridgehead atoms. The Morgan fingerprint density at radius 2 is 1.38 bits per heavy atom. The van der Waals surface area contributed by atoms with Crippen LogP contribution in [0.15, 0.2) is 0 Å². The molecule has 4 unspecified atom stereocenters. The van der Waals surface area contributed by atoms with E-state index >= 15 is 0 Å². The van der Waals surface area contributed by atoms with Crippen molar-refractivity contribution in [2.24, 2.45) is 29.1 Å². The first-order valence-electron chi connectivity index (χ1n) is 9.01. The fourth-order valence-corrected chi connectivity index (χ4v) is 4.50. The first-order valence-corrected chi connectivity index (χ1v) is 9.01. The lowest BCUT2D eigenvalue weighted by molar-refractivity contribution is -0.373. The van der Waals surface area contributed by atoms with Gasteiger partial charge in [0.15, 0.2) is 0 Å². The summed E-state index contributed by atoms with van der Waals surface area (Å²) in [5, 5.41) is 9.42. The molecule has 152 valence electrons. The zero-order chi connectivity index (χ0) is 20.1. The molecule has 2 fully saturated rings. The Balaban J connectivity index is 2.03. The van der Waals surface area contributed by atoms with Crippen molar-refractivity contribution in [1.29, 1.82) is 0 Å². The van der Waals surface area contributed by atoms with E-state index in [1.807, 2.05) is 20.8 Å². The lowest BCUT2D eigenvalue weighted by atomic mass is 9.73. The van der Waals surface area contributed by atoms with Gasteiger partial charge in [0.1, 0.15) is 5.78 Å². The van der Waals surface area contributed by atoms with Gasteiger partial charge in [-0.15, -0.1) is 0 Å². The van der Waals surface area contributed by atoms with E-state index in [0.717, 1.165) is 0 Å². The smallest absolute Gasteiger partial charge is 0.374 e. The highest BCUT2D eigenvalue weighted by Gasteiger charge is 2.71. The molecule has 0 aromatic rings. The number of halogens is 6. The standard InChI is InChI=1S/C18H26F6O2/c1-4-15(2,3)14(25)8-12-6-11-5-10(12)7-13(11)9-16(26,17(19,20)21)18(22,23)24/h10-13,26H,4-9H2,1-3H3. The van der Waals surface area contributed by atoms with Crippen LogP contribution in [-0.2, 0) is 4.79 Å². The minimum atomic E-state index is -5.76. The van der Waals surface area contributed by atoms with E-state index in [-0.39, 0.29) is 30.0 Å². The van der Waals surface area contributed by atoms with Gasteiger partial charge in [-0.05, 0) is 55.8 Å².